The molecule has 2 aromatic rings. The minimum atomic E-state index is -3.29. The van der Waals surface area contributed by atoms with Crippen molar-refractivity contribution >= 4 is 27.3 Å². The molecule has 9 heteroatoms. The Balaban J connectivity index is 1.68. The molecule has 1 aliphatic heterocycles. The SMILES string of the molecule is Cc1nc(COc2cccc(C(=O)N3CCCCC3CNS(C)(=O)=O)c2)cs1. The van der Waals surface area contributed by atoms with Crippen LogP contribution in [0.2, 0.25) is 0 Å². The number of thiazole rings is 1. The molecule has 2 heterocycles. The van der Waals surface area contributed by atoms with E-state index in [2.05, 4.69) is 9.71 Å². The molecule has 0 radical (unpaired) electrons. The Morgan fingerprint density at radius 1 is 1.39 bits per heavy atom. The Kier molecular flexibility index (Phi) is 6.69. The van der Waals surface area contributed by atoms with Crippen LogP contribution in [-0.2, 0) is 16.6 Å². The summed E-state index contributed by atoms with van der Waals surface area (Å²) in [5, 5.41) is 2.94. The number of benzene rings is 1. The highest BCUT2D eigenvalue weighted by molar-refractivity contribution is 7.88. The summed E-state index contributed by atoms with van der Waals surface area (Å²) < 4.78 is 31.2. The second-order valence-electron chi connectivity index (χ2n) is 6.94. The van der Waals surface area contributed by atoms with Crippen LogP contribution in [0.3, 0.4) is 0 Å². The van der Waals surface area contributed by atoms with Gasteiger partial charge in [-0.3, -0.25) is 4.79 Å². The smallest absolute Gasteiger partial charge is 0.254 e. The van der Waals surface area contributed by atoms with E-state index in [-0.39, 0.29) is 18.5 Å². The van der Waals surface area contributed by atoms with Gasteiger partial charge in [-0.1, -0.05) is 6.07 Å². The number of aryl methyl sites for hydroxylation is 1. The van der Waals surface area contributed by atoms with E-state index in [1.807, 2.05) is 18.4 Å². The lowest BCUT2D eigenvalue weighted by Gasteiger charge is -2.36. The first kappa shape index (κ1) is 20.8. The zero-order valence-electron chi connectivity index (χ0n) is 16.1. The van der Waals surface area contributed by atoms with Gasteiger partial charge in [-0.05, 0) is 44.4 Å². The lowest BCUT2D eigenvalue weighted by Crippen LogP contribution is -2.49. The topological polar surface area (TPSA) is 88.6 Å². The summed E-state index contributed by atoms with van der Waals surface area (Å²) >= 11 is 1.57. The molecule has 0 saturated carbocycles. The normalized spacial score (nSPS) is 17.5. The largest absolute Gasteiger partial charge is 0.487 e. The van der Waals surface area contributed by atoms with Crippen LogP contribution in [0.15, 0.2) is 29.6 Å². The average Bonchev–Trinajstić information content (AvgIpc) is 3.09. The number of ether oxygens (including phenoxy) is 1. The molecule has 1 amide bonds. The standard InChI is InChI=1S/C19H25N3O4S2/c1-14-21-16(13-27-14)12-26-18-8-5-6-15(10-18)19(23)22-9-4-3-7-17(22)11-20-28(2,24)25/h5-6,8,10,13,17,20H,3-4,7,9,11-12H2,1-2H3. The number of carbonyl (C=O) groups is 1. The van der Waals surface area contributed by atoms with Gasteiger partial charge < -0.3 is 9.64 Å². The van der Waals surface area contributed by atoms with Crippen molar-refractivity contribution in [1.29, 1.82) is 0 Å². The van der Waals surface area contributed by atoms with E-state index in [1.165, 1.54) is 0 Å². The molecule has 0 bridgehead atoms. The van der Waals surface area contributed by atoms with Crippen molar-refractivity contribution in [1.82, 2.24) is 14.6 Å². The van der Waals surface area contributed by atoms with Gasteiger partial charge in [-0.15, -0.1) is 11.3 Å². The van der Waals surface area contributed by atoms with Crippen molar-refractivity contribution in [2.75, 3.05) is 19.3 Å². The Morgan fingerprint density at radius 2 is 2.21 bits per heavy atom. The maximum absolute atomic E-state index is 13.0. The maximum atomic E-state index is 13.0. The first-order valence-corrected chi connectivity index (χ1v) is 12.0. The third-order valence-electron chi connectivity index (χ3n) is 4.60. The summed E-state index contributed by atoms with van der Waals surface area (Å²) in [6.45, 7) is 3.16. The van der Waals surface area contributed by atoms with E-state index in [0.29, 0.717) is 24.5 Å². The Labute approximate surface area is 169 Å². The van der Waals surface area contributed by atoms with Crippen LogP contribution in [0.1, 0.15) is 40.3 Å². The van der Waals surface area contributed by atoms with Crippen molar-refractivity contribution in [3.8, 4) is 5.75 Å². The Hall–Kier alpha value is -1.97. The fourth-order valence-corrected chi connectivity index (χ4v) is 4.34. The first-order chi connectivity index (χ1) is 13.3. The second-order valence-corrected chi connectivity index (χ2v) is 9.84. The van der Waals surface area contributed by atoms with E-state index < -0.39 is 10.0 Å². The molecule has 1 saturated heterocycles. The molecule has 7 nitrogen and oxygen atoms in total. The molecule has 1 N–H and O–H groups in total. The molecule has 1 atom stereocenters. The highest BCUT2D eigenvalue weighted by Crippen LogP contribution is 2.22. The molecule has 0 spiro atoms. The van der Waals surface area contributed by atoms with Crippen LogP contribution >= 0.6 is 11.3 Å². The molecular weight excluding hydrogens is 398 g/mol. The molecule has 152 valence electrons. The minimum absolute atomic E-state index is 0.102. The van der Waals surface area contributed by atoms with E-state index in [1.54, 1.807) is 34.4 Å². The third-order valence-corrected chi connectivity index (χ3v) is 6.12. The summed E-state index contributed by atoms with van der Waals surface area (Å²) in [7, 11) is -3.29. The number of nitrogens with one attached hydrogen (secondary N) is 1. The second kappa shape index (κ2) is 9.02. The van der Waals surface area contributed by atoms with Gasteiger partial charge in [0.2, 0.25) is 10.0 Å². The molecule has 1 aliphatic rings. The number of likely N-dealkylation sites (tertiary alicyclic amines) is 1. The predicted molar refractivity (Wildman–Crippen MR) is 109 cm³/mol. The van der Waals surface area contributed by atoms with Gasteiger partial charge in [-0.25, -0.2) is 18.1 Å². The predicted octanol–water partition coefficient (Wildman–Crippen LogP) is 2.57. The van der Waals surface area contributed by atoms with E-state index in [0.717, 1.165) is 36.2 Å². The number of sulfonamides is 1. The van der Waals surface area contributed by atoms with Crippen LogP contribution in [0.5, 0.6) is 5.75 Å². The van der Waals surface area contributed by atoms with Crippen molar-refractivity contribution in [2.24, 2.45) is 0 Å². The Morgan fingerprint density at radius 3 is 2.93 bits per heavy atom. The van der Waals surface area contributed by atoms with Gasteiger partial charge in [-0.2, -0.15) is 0 Å². The van der Waals surface area contributed by atoms with Crippen molar-refractivity contribution in [2.45, 2.75) is 38.8 Å². The van der Waals surface area contributed by atoms with Crippen LogP contribution in [0, 0.1) is 6.92 Å². The van der Waals surface area contributed by atoms with Crippen molar-refractivity contribution in [3.63, 3.8) is 0 Å². The van der Waals surface area contributed by atoms with Gasteiger partial charge in [0.05, 0.1) is 17.0 Å². The molecule has 1 fully saturated rings. The molecule has 1 aromatic carbocycles. The first-order valence-electron chi connectivity index (χ1n) is 9.21. The van der Waals surface area contributed by atoms with E-state index in [4.69, 9.17) is 4.74 Å². The lowest BCUT2D eigenvalue weighted by atomic mass is 10.0. The summed E-state index contributed by atoms with van der Waals surface area (Å²) in [5.74, 6) is 0.509. The summed E-state index contributed by atoms with van der Waals surface area (Å²) in [6, 6.07) is 6.96. The monoisotopic (exact) mass is 423 g/mol. The number of amides is 1. The van der Waals surface area contributed by atoms with Crippen molar-refractivity contribution < 1.29 is 17.9 Å². The molecule has 0 aliphatic carbocycles. The molecule has 1 aromatic heterocycles. The van der Waals surface area contributed by atoms with Gasteiger partial charge in [0, 0.05) is 30.1 Å². The van der Waals surface area contributed by atoms with Crippen LogP contribution in [-0.4, -0.2) is 49.6 Å². The highest BCUT2D eigenvalue weighted by Gasteiger charge is 2.28. The summed E-state index contributed by atoms with van der Waals surface area (Å²) in [4.78, 5) is 19.2. The fraction of sp³-hybridized carbons (Fsp3) is 0.474. The Bertz CT molecular complexity index is 927. The fourth-order valence-electron chi connectivity index (χ4n) is 3.24. The number of aromatic nitrogens is 1. The number of nitrogens with zero attached hydrogens (tertiary/aromatic N) is 2. The van der Waals surface area contributed by atoms with Crippen LogP contribution in [0.4, 0.5) is 0 Å². The highest BCUT2D eigenvalue weighted by atomic mass is 32.2. The van der Waals surface area contributed by atoms with Gasteiger partial charge in [0.15, 0.2) is 0 Å². The number of hydrogen-bond acceptors (Lipinski definition) is 6. The van der Waals surface area contributed by atoms with Gasteiger partial charge in [0.25, 0.3) is 5.91 Å². The number of piperidine rings is 1. The number of carbonyl (C=O) groups excluding carboxylic acids is 1. The number of rotatable bonds is 7. The third kappa shape index (κ3) is 5.76. The summed E-state index contributed by atoms with van der Waals surface area (Å²) in [6.07, 6.45) is 3.82. The zero-order valence-corrected chi connectivity index (χ0v) is 17.7. The molecule has 28 heavy (non-hydrogen) atoms. The van der Waals surface area contributed by atoms with E-state index >= 15 is 0 Å². The summed E-state index contributed by atoms with van der Waals surface area (Å²) in [5.41, 5.74) is 1.40. The lowest BCUT2D eigenvalue weighted by molar-refractivity contribution is 0.0618. The quantitative estimate of drug-likeness (QED) is 0.739. The average molecular weight is 424 g/mol. The maximum Gasteiger partial charge on any atom is 0.254 e. The van der Waals surface area contributed by atoms with E-state index in [9.17, 15) is 13.2 Å². The molecule has 1 unspecified atom stereocenters. The van der Waals surface area contributed by atoms with Gasteiger partial charge >= 0.3 is 0 Å². The molecule has 3 rings (SSSR count). The minimum Gasteiger partial charge on any atom is -0.487 e. The van der Waals surface area contributed by atoms with Crippen LogP contribution in [0.25, 0.3) is 0 Å². The molecular formula is C19H25N3O4S2. The zero-order chi connectivity index (χ0) is 20.1. The van der Waals surface area contributed by atoms with Gasteiger partial charge in [0.1, 0.15) is 12.4 Å². The van der Waals surface area contributed by atoms with Crippen LogP contribution < -0.4 is 9.46 Å². The van der Waals surface area contributed by atoms with Crippen molar-refractivity contribution in [3.05, 3.63) is 45.9 Å². The number of hydrogen-bond donors (Lipinski definition) is 1.